The largest absolute Gasteiger partial charge is 0.352 e. The summed E-state index contributed by atoms with van der Waals surface area (Å²) in [7, 11) is -3.52. The Bertz CT molecular complexity index is 1160. The first-order valence-electron chi connectivity index (χ1n) is 13.3. The number of aryl methyl sites for hydroxylation is 1. The van der Waals surface area contributed by atoms with Gasteiger partial charge in [-0.2, -0.15) is 0 Å². The molecule has 1 aliphatic carbocycles. The van der Waals surface area contributed by atoms with Crippen LogP contribution in [0.15, 0.2) is 48.5 Å². The van der Waals surface area contributed by atoms with Gasteiger partial charge in [-0.25, -0.2) is 8.42 Å². The Morgan fingerprint density at radius 3 is 2.32 bits per heavy atom. The number of benzene rings is 2. The van der Waals surface area contributed by atoms with Gasteiger partial charge in [0, 0.05) is 25.6 Å². The molecule has 0 radical (unpaired) electrons. The van der Waals surface area contributed by atoms with Crippen molar-refractivity contribution in [1.29, 1.82) is 0 Å². The molecular weight excluding hydrogens is 486 g/mol. The maximum atomic E-state index is 13.4. The Balaban J connectivity index is 1.69. The Morgan fingerprint density at radius 1 is 1.00 bits per heavy atom. The summed E-state index contributed by atoms with van der Waals surface area (Å²) in [6, 6.07) is 15.1. The van der Waals surface area contributed by atoms with Crippen LogP contribution in [0.4, 0.5) is 5.69 Å². The van der Waals surface area contributed by atoms with E-state index in [0.717, 1.165) is 42.4 Å². The first-order valence-corrected chi connectivity index (χ1v) is 15.1. The van der Waals surface area contributed by atoms with Gasteiger partial charge < -0.3 is 10.2 Å². The van der Waals surface area contributed by atoms with E-state index in [1.54, 1.807) is 17.9 Å². The minimum absolute atomic E-state index is 0.124. The number of nitrogens with zero attached hydrogens (tertiary/aromatic N) is 2. The lowest BCUT2D eigenvalue weighted by Gasteiger charge is -2.30. The number of anilines is 1. The van der Waals surface area contributed by atoms with Gasteiger partial charge in [-0.05, 0) is 69.2 Å². The molecule has 3 rings (SSSR count). The van der Waals surface area contributed by atoms with Crippen molar-refractivity contribution in [3.05, 3.63) is 65.2 Å². The van der Waals surface area contributed by atoms with Gasteiger partial charge in [-0.1, -0.05) is 55.3 Å². The van der Waals surface area contributed by atoms with Crippen molar-refractivity contribution in [2.24, 2.45) is 0 Å². The molecule has 2 aromatic rings. The fourth-order valence-corrected chi connectivity index (χ4v) is 5.97. The van der Waals surface area contributed by atoms with Gasteiger partial charge in [0.15, 0.2) is 0 Å². The predicted molar refractivity (Wildman–Crippen MR) is 149 cm³/mol. The molecule has 1 fully saturated rings. The van der Waals surface area contributed by atoms with Gasteiger partial charge in [0.05, 0.1) is 11.9 Å². The Labute approximate surface area is 222 Å². The molecule has 0 spiro atoms. The van der Waals surface area contributed by atoms with Crippen molar-refractivity contribution in [3.8, 4) is 0 Å². The average Bonchev–Trinajstić information content (AvgIpc) is 3.37. The second-order valence-electron chi connectivity index (χ2n) is 10.1. The molecule has 1 aliphatic rings. The van der Waals surface area contributed by atoms with Gasteiger partial charge in [0.25, 0.3) is 0 Å². The lowest BCUT2D eigenvalue weighted by Crippen LogP contribution is -2.50. The molecule has 0 heterocycles. The molecule has 7 nitrogen and oxygen atoms in total. The van der Waals surface area contributed by atoms with Crippen LogP contribution in [0.5, 0.6) is 0 Å². The van der Waals surface area contributed by atoms with E-state index in [1.807, 2.05) is 56.3 Å². The van der Waals surface area contributed by atoms with Gasteiger partial charge in [0.1, 0.15) is 6.04 Å². The third-order valence-corrected chi connectivity index (χ3v) is 8.53. The molecule has 2 aromatic carbocycles. The van der Waals surface area contributed by atoms with Crippen molar-refractivity contribution in [2.45, 2.75) is 77.8 Å². The molecule has 1 N–H and O–H groups in total. The number of hydrogen-bond acceptors (Lipinski definition) is 4. The SMILES string of the molecule is Cc1cccc(N(CCCC(=O)N(CCc2ccccc2)[C@@H](C)C(=O)NC2CCCC2)S(C)(=O)=O)c1C. The van der Waals surface area contributed by atoms with Gasteiger partial charge >= 0.3 is 0 Å². The first-order chi connectivity index (χ1) is 17.6. The van der Waals surface area contributed by atoms with E-state index < -0.39 is 16.1 Å². The summed E-state index contributed by atoms with van der Waals surface area (Å²) in [5.41, 5.74) is 3.65. The van der Waals surface area contributed by atoms with E-state index in [4.69, 9.17) is 0 Å². The predicted octanol–water partition coefficient (Wildman–Crippen LogP) is 4.37. The molecule has 0 unspecified atom stereocenters. The summed E-state index contributed by atoms with van der Waals surface area (Å²) in [5, 5.41) is 3.12. The maximum absolute atomic E-state index is 13.4. The van der Waals surface area contributed by atoms with Crippen molar-refractivity contribution >= 4 is 27.5 Å². The fraction of sp³-hybridized carbons (Fsp3) is 0.517. The molecule has 37 heavy (non-hydrogen) atoms. The smallest absolute Gasteiger partial charge is 0.242 e. The first kappa shape index (κ1) is 28.7. The van der Waals surface area contributed by atoms with Crippen molar-refractivity contribution in [2.75, 3.05) is 23.7 Å². The third-order valence-electron chi connectivity index (χ3n) is 7.35. The Hall–Kier alpha value is -2.87. The molecule has 202 valence electrons. The highest BCUT2D eigenvalue weighted by Gasteiger charge is 2.28. The zero-order valence-corrected chi connectivity index (χ0v) is 23.4. The monoisotopic (exact) mass is 527 g/mol. The van der Waals surface area contributed by atoms with Crippen LogP contribution < -0.4 is 9.62 Å². The van der Waals surface area contributed by atoms with E-state index in [2.05, 4.69) is 5.32 Å². The number of carbonyl (C=O) groups is 2. The highest BCUT2D eigenvalue weighted by atomic mass is 32.2. The van der Waals surface area contributed by atoms with Crippen LogP contribution in [0.2, 0.25) is 0 Å². The molecule has 1 atom stereocenters. The minimum Gasteiger partial charge on any atom is -0.352 e. The summed E-state index contributed by atoms with van der Waals surface area (Å²) in [6.07, 6.45) is 6.56. The summed E-state index contributed by atoms with van der Waals surface area (Å²) < 4.78 is 26.6. The lowest BCUT2D eigenvalue weighted by molar-refractivity contribution is -0.140. The Morgan fingerprint density at radius 2 is 1.68 bits per heavy atom. The highest BCUT2D eigenvalue weighted by molar-refractivity contribution is 7.92. The molecule has 2 amide bonds. The van der Waals surface area contributed by atoms with Crippen LogP contribution in [-0.4, -0.2) is 56.6 Å². The van der Waals surface area contributed by atoms with Crippen LogP contribution in [-0.2, 0) is 26.0 Å². The number of hydrogen-bond donors (Lipinski definition) is 1. The maximum Gasteiger partial charge on any atom is 0.242 e. The topological polar surface area (TPSA) is 86.8 Å². The minimum atomic E-state index is -3.52. The Kier molecular flexibility index (Phi) is 10.1. The van der Waals surface area contributed by atoms with E-state index in [1.165, 1.54) is 10.6 Å². The fourth-order valence-electron chi connectivity index (χ4n) is 4.95. The van der Waals surface area contributed by atoms with Gasteiger partial charge in [-0.15, -0.1) is 0 Å². The second kappa shape index (κ2) is 13.1. The van der Waals surface area contributed by atoms with Crippen molar-refractivity contribution < 1.29 is 18.0 Å². The molecule has 0 aromatic heterocycles. The van der Waals surface area contributed by atoms with Crippen LogP contribution in [0.1, 0.15) is 62.1 Å². The van der Waals surface area contributed by atoms with E-state index in [0.29, 0.717) is 25.1 Å². The number of rotatable bonds is 12. The van der Waals surface area contributed by atoms with Crippen molar-refractivity contribution in [1.82, 2.24) is 10.2 Å². The van der Waals surface area contributed by atoms with E-state index >= 15 is 0 Å². The normalized spacial score (nSPS) is 14.8. The average molecular weight is 528 g/mol. The summed E-state index contributed by atoms with van der Waals surface area (Å²) >= 11 is 0. The molecule has 0 bridgehead atoms. The second-order valence-corrected chi connectivity index (χ2v) is 12.1. The van der Waals surface area contributed by atoms with Gasteiger partial charge in [-0.3, -0.25) is 13.9 Å². The number of amides is 2. The quantitative estimate of drug-likeness (QED) is 0.444. The van der Waals surface area contributed by atoms with E-state index in [-0.39, 0.29) is 30.8 Å². The summed E-state index contributed by atoms with van der Waals surface area (Å²) in [4.78, 5) is 28.1. The zero-order chi connectivity index (χ0) is 27.0. The third kappa shape index (κ3) is 8.06. The van der Waals surface area contributed by atoms with Crippen LogP contribution in [0.25, 0.3) is 0 Å². The zero-order valence-electron chi connectivity index (χ0n) is 22.6. The van der Waals surface area contributed by atoms with Crippen LogP contribution in [0, 0.1) is 13.8 Å². The highest BCUT2D eigenvalue weighted by Crippen LogP contribution is 2.25. The molecular formula is C29H41N3O4S. The summed E-state index contributed by atoms with van der Waals surface area (Å²) in [5.74, 6) is -0.263. The number of nitrogens with one attached hydrogen (secondary N) is 1. The summed E-state index contributed by atoms with van der Waals surface area (Å²) in [6.45, 7) is 6.26. The molecule has 0 saturated heterocycles. The molecule has 0 aliphatic heterocycles. The lowest BCUT2D eigenvalue weighted by atomic mass is 10.1. The van der Waals surface area contributed by atoms with E-state index in [9.17, 15) is 18.0 Å². The molecule has 1 saturated carbocycles. The molecule has 8 heteroatoms. The van der Waals surface area contributed by atoms with Crippen molar-refractivity contribution in [3.63, 3.8) is 0 Å². The van der Waals surface area contributed by atoms with Crippen LogP contribution in [0.3, 0.4) is 0 Å². The number of sulfonamides is 1. The standard InChI is InChI=1S/C29H41N3O4S/c1-22-12-10-17-27(23(22)2)32(37(4,35)36)20-11-18-28(33)31(21-19-25-13-6-5-7-14-25)24(3)29(34)30-26-15-8-9-16-26/h5-7,10,12-14,17,24,26H,8-9,11,15-16,18-21H2,1-4H3,(H,30,34)/t24-/m0/s1. The van der Waals surface area contributed by atoms with Crippen LogP contribution >= 0.6 is 0 Å². The number of carbonyl (C=O) groups excluding carboxylic acids is 2. The van der Waals surface area contributed by atoms with Gasteiger partial charge in [0.2, 0.25) is 21.8 Å².